The van der Waals surface area contributed by atoms with Crippen LogP contribution in [-0.4, -0.2) is 24.0 Å². The first-order valence-electron chi connectivity index (χ1n) is 6.18. The molecule has 1 saturated heterocycles. The Labute approximate surface area is 122 Å². The molecule has 0 atom stereocenters. The molecule has 2 aromatic rings. The minimum absolute atomic E-state index is 0. The molecule has 2 heterocycles. The van der Waals surface area contributed by atoms with Crippen LogP contribution < -0.4 is 10.6 Å². The third kappa shape index (κ3) is 3.23. The molecule has 0 bridgehead atoms. The highest BCUT2D eigenvalue weighted by atomic mass is 35.5. The van der Waals surface area contributed by atoms with Gasteiger partial charge in [-0.25, -0.2) is 4.98 Å². The quantitative estimate of drug-likeness (QED) is 0.896. The van der Waals surface area contributed by atoms with Crippen molar-refractivity contribution in [2.75, 3.05) is 18.4 Å². The largest absolute Gasteiger partial charge is 0.326 e. The summed E-state index contributed by atoms with van der Waals surface area (Å²) in [6.45, 7) is 1.87. The fraction of sp³-hybridized carbons (Fsp3) is 0.385. The van der Waals surface area contributed by atoms with Crippen molar-refractivity contribution < 1.29 is 4.79 Å². The highest BCUT2D eigenvalue weighted by Crippen LogP contribution is 2.23. The number of nitrogens with zero attached hydrogens (tertiary/aromatic N) is 1. The fourth-order valence-electron chi connectivity index (χ4n) is 2.26. The Morgan fingerprint density at radius 1 is 1.37 bits per heavy atom. The number of benzene rings is 1. The normalized spacial score (nSPS) is 16.0. The summed E-state index contributed by atoms with van der Waals surface area (Å²) in [5.41, 5.74) is 3.68. The Kier molecular flexibility index (Phi) is 4.74. The molecule has 0 aliphatic carbocycles. The lowest BCUT2D eigenvalue weighted by Crippen LogP contribution is -2.34. The van der Waals surface area contributed by atoms with E-state index in [1.165, 1.54) is 0 Å². The summed E-state index contributed by atoms with van der Waals surface area (Å²) in [6.07, 6.45) is 1.85. The maximum absolute atomic E-state index is 12.1. The van der Waals surface area contributed by atoms with Gasteiger partial charge in [-0.1, -0.05) is 0 Å². The first-order valence-corrected chi connectivity index (χ1v) is 7.06. The number of hydrogen-bond acceptors (Lipinski definition) is 4. The van der Waals surface area contributed by atoms with E-state index >= 15 is 0 Å². The van der Waals surface area contributed by atoms with Gasteiger partial charge < -0.3 is 10.6 Å². The Morgan fingerprint density at radius 3 is 2.95 bits per heavy atom. The third-order valence-electron chi connectivity index (χ3n) is 3.31. The number of halogens is 1. The maximum atomic E-state index is 12.1. The van der Waals surface area contributed by atoms with Gasteiger partial charge in [0.1, 0.15) is 0 Å². The number of carbonyl (C=O) groups is 1. The van der Waals surface area contributed by atoms with E-state index in [-0.39, 0.29) is 24.2 Å². The third-order valence-corrected chi connectivity index (χ3v) is 4.10. The predicted molar refractivity (Wildman–Crippen MR) is 81.1 cm³/mol. The minimum atomic E-state index is 0. The first-order chi connectivity index (χ1) is 8.83. The highest BCUT2D eigenvalue weighted by molar-refractivity contribution is 7.16. The lowest BCUT2D eigenvalue weighted by Gasteiger charge is -2.21. The number of rotatable bonds is 2. The molecule has 3 rings (SSSR count). The van der Waals surface area contributed by atoms with E-state index in [0.717, 1.165) is 41.8 Å². The summed E-state index contributed by atoms with van der Waals surface area (Å²) in [6, 6.07) is 5.86. The zero-order valence-corrected chi connectivity index (χ0v) is 12.0. The van der Waals surface area contributed by atoms with Crippen LogP contribution in [0.3, 0.4) is 0 Å². The average molecular weight is 298 g/mol. The van der Waals surface area contributed by atoms with Crippen molar-refractivity contribution in [1.29, 1.82) is 0 Å². The summed E-state index contributed by atoms with van der Waals surface area (Å²) in [4.78, 5) is 16.3. The smallest absolute Gasteiger partial charge is 0.227 e. The van der Waals surface area contributed by atoms with Crippen LogP contribution >= 0.6 is 23.7 Å². The van der Waals surface area contributed by atoms with Gasteiger partial charge in [0.05, 0.1) is 15.7 Å². The lowest BCUT2D eigenvalue weighted by molar-refractivity contribution is -0.120. The monoisotopic (exact) mass is 297 g/mol. The lowest BCUT2D eigenvalue weighted by atomic mass is 9.97. The number of piperidine rings is 1. The van der Waals surface area contributed by atoms with Crippen LogP contribution in [0.4, 0.5) is 5.69 Å². The van der Waals surface area contributed by atoms with Crippen LogP contribution in [0.2, 0.25) is 0 Å². The summed E-state index contributed by atoms with van der Waals surface area (Å²) in [5, 5.41) is 6.27. The first kappa shape index (κ1) is 14.2. The number of aromatic nitrogens is 1. The van der Waals surface area contributed by atoms with Crippen LogP contribution in [-0.2, 0) is 4.79 Å². The molecule has 1 aliphatic heterocycles. The molecule has 19 heavy (non-hydrogen) atoms. The highest BCUT2D eigenvalue weighted by Gasteiger charge is 2.20. The van der Waals surface area contributed by atoms with Gasteiger partial charge in [-0.05, 0) is 44.1 Å². The number of fused-ring (bicyclic) bond motifs is 1. The zero-order chi connectivity index (χ0) is 12.4. The molecule has 1 amide bonds. The van der Waals surface area contributed by atoms with Crippen LogP contribution in [0.25, 0.3) is 10.2 Å². The topological polar surface area (TPSA) is 54.0 Å². The number of thiazole rings is 1. The standard InChI is InChI=1S/C13H15N3OS.ClH/c17-13(9-3-5-14-6-4-9)16-10-1-2-11-12(7-10)18-8-15-11;/h1-2,7-9,14H,3-6H2,(H,16,17);1H. The molecule has 1 fully saturated rings. The number of carbonyl (C=O) groups excluding carboxylic acids is 1. The fourth-order valence-corrected chi connectivity index (χ4v) is 2.98. The summed E-state index contributed by atoms with van der Waals surface area (Å²) in [5.74, 6) is 0.281. The molecule has 0 unspecified atom stereocenters. The van der Waals surface area contributed by atoms with Gasteiger partial charge in [0, 0.05) is 11.6 Å². The van der Waals surface area contributed by atoms with Gasteiger partial charge in [-0.2, -0.15) is 0 Å². The summed E-state index contributed by atoms with van der Waals surface area (Å²) >= 11 is 1.59. The molecular formula is C13H16ClN3OS. The van der Waals surface area contributed by atoms with Crippen LogP contribution in [0, 0.1) is 5.92 Å². The second-order valence-corrected chi connectivity index (χ2v) is 5.43. The molecule has 0 spiro atoms. The van der Waals surface area contributed by atoms with Gasteiger partial charge in [-0.3, -0.25) is 4.79 Å². The molecule has 6 heteroatoms. The van der Waals surface area contributed by atoms with E-state index in [1.807, 2.05) is 23.7 Å². The summed E-state index contributed by atoms with van der Waals surface area (Å²) in [7, 11) is 0. The number of anilines is 1. The average Bonchev–Trinajstić information content (AvgIpc) is 2.87. The second-order valence-electron chi connectivity index (χ2n) is 4.55. The van der Waals surface area contributed by atoms with Gasteiger partial charge in [-0.15, -0.1) is 23.7 Å². The number of hydrogen-bond donors (Lipinski definition) is 2. The molecule has 0 saturated carbocycles. The van der Waals surface area contributed by atoms with E-state index in [9.17, 15) is 4.79 Å². The van der Waals surface area contributed by atoms with Gasteiger partial charge >= 0.3 is 0 Å². The van der Waals surface area contributed by atoms with E-state index < -0.39 is 0 Å². The van der Waals surface area contributed by atoms with Crippen molar-refractivity contribution in [2.24, 2.45) is 5.92 Å². The number of amides is 1. The Balaban J connectivity index is 0.00000133. The number of nitrogens with one attached hydrogen (secondary N) is 2. The Hall–Kier alpha value is -1.17. The minimum Gasteiger partial charge on any atom is -0.326 e. The zero-order valence-electron chi connectivity index (χ0n) is 10.4. The van der Waals surface area contributed by atoms with Crippen molar-refractivity contribution in [1.82, 2.24) is 10.3 Å². The molecule has 2 N–H and O–H groups in total. The maximum Gasteiger partial charge on any atom is 0.227 e. The molecular weight excluding hydrogens is 282 g/mol. The van der Waals surface area contributed by atoms with E-state index in [2.05, 4.69) is 15.6 Å². The van der Waals surface area contributed by atoms with Crippen molar-refractivity contribution >= 4 is 45.6 Å². The second kappa shape index (κ2) is 6.32. The Morgan fingerprint density at radius 2 is 2.16 bits per heavy atom. The van der Waals surface area contributed by atoms with Crippen molar-refractivity contribution in [3.63, 3.8) is 0 Å². The van der Waals surface area contributed by atoms with Gasteiger partial charge in [0.15, 0.2) is 0 Å². The van der Waals surface area contributed by atoms with Crippen LogP contribution in [0.1, 0.15) is 12.8 Å². The van der Waals surface area contributed by atoms with Gasteiger partial charge in [0.2, 0.25) is 5.91 Å². The predicted octanol–water partition coefficient (Wildman–Crippen LogP) is 2.66. The molecule has 1 aromatic heterocycles. The van der Waals surface area contributed by atoms with E-state index in [1.54, 1.807) is 11.3 Å². The molecule has 0 radical (unpaired) electrons. The molecule has 1 aliphatic rings. The van der Waals surface area contributed by atoms with Crippen LogP contribution in [0.5, 0.6) is 0 Å². The SMILES string of the molecule is Cl.O=C(Nc1ccc2ncsc2c1)C1CCNCC1. The molecule has 1 aromatic carbocycles. The van der Waals surface area contributed by atoms with Gasteiger partial charge in [0.25, 0.3) is 0 Å². The van der Waals surface area contributed by atoms with E-state index in [0.29, 0.717) is 0 Å². The van der Waals surface area contributed by atoms with E-state index in [4.69, 9.17) is 0 Å². The van der Waals surface area contributed by atoms with Crippen molar-refractivity contribution in [3.8, 4) is 0 Å². The Bertz CT molecular complexity index is 566. The van der Waals surface area contributed by atoms with Crippen LogP contribution in [0.15, 0.2) is 23.7 Å². The summed E-state index contributed by atoms with van der Waals surface area (Å²) < 4.78 is 1.11. The molecule has 102 valence electrons. The van der Waals surface area contributed by atoms with Crippen molar-refractivity contribution in [2.45, 2.75) is 12.8 Å². The van der Waals surface area contributed by atoms with Crippen molar-refractivity contribution in [3.05, 3.63) is 23.7 Å². The molecule has 4 nitrogen and oxygen atoms in total.